The second-order valence-corrected chi connectivity index (χ2v) is 6.40. The van der Waals surface area contributed by atoms with Gasteiger partial charge >= 0.3 is 0 Å². The molecule has 118 valence electrons. The van der Waals surface area contributed by atoms with Gasteiger partial charge < -0.3 is 4.90 Å². The van der Waals surface area contributed by atoms with Crippen molar-refractivity contribution in [3.8, 4) is 0 Å². The molecule has 1 aliphatic heterocycles. The van der Waals surface area contributed by atoms with E-state index in [1.165, 1.54) is 0 Å². The first-order valence-corrected chi connectivity index (χ1v) is 7.40. The minimum Gasteiger partial charge on any atom is -0.337 e. The van der Waals surface area contributed by atoms with Crippen LogP contribution in [0.25, 0.3) is 0 Å². The van der Waals surface area contributed by atoms with Crippen LogP contribution in [0.1, 0.15) is 41.0 Å². The maximum absolute atomic E-state index is 12.5. The first kappa shape index (κ1) is 17.4. The number of hydrogen-bond donors (Lipinski definition) is 0. The molecule has 0 aliphatic carbocycles. The Kier molecular flexibility index (Phi) is 5.31. The summed E-state index contributed by atoms with van der Waals surface area (Å²) in [4.78, 5) is 39.6. The Morgan fingerprint density at radius 3 is 2.38 bits per heavy atom. The third-order valence-corrected chi connectivity index (χ3v) is 4.32. The van der Waals surface area contributed by atoms with Gasteiger partial charge in [-0.1, -0.05) is 26.0 Å². The van der Waals surface area contributed by atoms with Gasteiger partial charge in [0.05, 0.1) is 5.41 Å². The predicted molar refractivity (Wildman–Crippen MR) is 81.4 cm³/mol. The van der Waals surface area contributed by atoms with Crippen LogP contribution in [0, 0.1) is 11.3 Å². The van der Waals surface area contributed by atoms with Crippen LogP contribution in [0.2, 0.25) is 0 Å². The molecule has 0 radical (unpaired) electrons. The molecule has 1 atom stereocenters. The van der Waals surface area contributed by atoms with Crippen molar-refractivity contribution in [2.75, 3.05) is 19.6 Å². The molecule has 21 heavy (non-hydrogen) atoms. The molecule has 0 aromatic carbocycles. The molecule has 1 fully saturated rings. The smallest absolute Gasteiger partial charge is 0.243 e. The molecule has 5 nitrogen and oxygen atoms in total. The van der Waals surface area contributed by atoms with Gasteiger partial charge in [-0.2, -0.15) is 0 Å². The van der Waals surface area contributed by atoms with Gasteiger partial charge in [0.15, 0.2) is 0 Å². The van der Waals surface area contributed by atoms with E-state index in [1.54, 1.807) is 11.8 Å². The van der Waals surface area contributed by atoms with Crippen molar-refractivity contribution in [2.24, 2.45) is 11.3 Å². The highest BCUT2D eigenvalue weighted by molar-refractivity contribution is 6.07. The molecule has 1 saturated heterocycles. The molecule has 0 spiro atoms. The van der Waals surface area contributed by atoms with E-state index in [9.17, 15) is 14.4 Å². The van der Waals surface area contributed by atoms with Gasteiger partial charge in [-0.05, 0) is 26.7 Å². The number of amides is 3. The van der Waals surface area contributed by atoms with Crippen LogP contribution in [0.15, 0.2) is 12.2 Å². The SMILES string of the molecule is C=C(C)CN(CC)C(=O)CN1C(=O)C[C@](C)(C(C)C)C1=O. The van der Waals surface area contributed by atoms with E-state index in [2.05, 4.69) is 6.58 Å². The maximum atomic E-state index is 12.5. The van der Waals surface area contributed by atoms with E-state index in [0.717, 1.165) is 10.5 Å². The fourth-order valence-electron chi connectivity index (χ4n) is 2.46. The van der Waals surface area contributed by atoms with E-state index in [0.29, 0.717) is 13.1 Å². The Hall–Kier alpha value is -1.65. The van der Waals surface area contributed by atoms with Gasteiger partial charge in [0.25, 0.3) is 0 Å². The lowest BCUT2D eigenvalue weighted by Crippen LogP contribution is -2.45. The molecule has 0 bridgehead atoms. The summed E-state index contributed by atoms with van der Waals surface area (Å²) in [5, 5.41) is 0. The number of hydrogen-bond acceptors (Lipinski definition) is 3. The number of rotatable bonds is 6. The summed E-state index contributed by atoms with van der Waals surface area (Å²) in [6.07, 6.45) is 0.184. The number of likely N-dealkylation sites (tertiary alicyclic amines) is 1. The Labute approximate surface area is 127 Å². The third-order valence-electron chi connectivity index (χ3n) is 4.32. The molecule has 0 unspecified atom stereocenters. The van der Waals surface area contributed by atoms with Crippen molar-refractivity contribution in [3.63, 3.8) is 0 Å². The molecule has 1 rings (SSSR count). The summed E-state index contributed by atoms with van der Waals surface area (Å²) >= 11 is 0. The summed E-state index contributed by atoms with van der Waals surface area (Å²) < 4.78 is 0. The molecular weight excluding hydrogens is 268 g/mol. The third kappa shape index (κ3) is 3.52. The van der Waals surface area contributed by atoms with Crippen LogP contribution < -0.4 is 0 Å². The Balaban J connectivity index is 2.83. The number of carbonyl (C=O) groups excluding carboxylic acids is 3. The van der Waals surface area contributed by atoms with Crippen LogP contribution in [0.5, 0.6) is 0 Å². The first-order valence-electron chi connectivity index (χ1n) is 7.40. The average Bonchev–Trinajstić information content (AvgIpc) is 2.60. The molecular formula is C16H26N2O3. The normalized spacial score (nSPS) is 22.1. The highest BCUT2D eigenvalue weighted by atomic mass is 16.2. The van der Waals surface area contributed by atoms with Crippen molar-refractivity contribution in [1.82, 2.24) is 9.80 Å². The van der Waals surface area contributed by atoms with Crippen LogP contribution in [0.4, 0.5) is 0 Å². The Morgan fingerprint density at radius 2 is 2.00 bits per heavy atom. The summed E-state index contributed by atoms with van der Waals surface area (Å²) in [5.41, 5.74) is 0.180. The molecule has 0 aromatic heterocycles. The quantitative estimate of drug-likeness (QED) is 0.555. The topological polar surface area (TPSA) is 57.7 Å². The Morgan fingerprint density at radius 1 is 1.43 bits per heavy atom. The number of likely N-dealkylation sites (N-methyl/N-ethyl adjacent to an activating group) is 1. The van der Waals surface area contributed by atoms with Gasteiger partial charge in [0, 0.05) is 19.5 Å². The van der Waals surface area contributed by atoms with Crippen LogP contribution in [-0.4, -0.2) is 47.2 Å². The zero-order chi connectivity index (χ0) is 16.4. The molecule has 3 amide bonds. The second-order valence-electron chi connectivity index (χ2n) is 6.40. The molecule has 5 heteroatoms. The lowest BCUT2D eigenvalue weighted by Gasteiger charge is -2.27. The zero-order valence-corrected chi connectivity index (χ0v) is 13.7. The number of nitrogens with zero attached hydrogens (tertiary/aromatic N) is 2. The number of imide groups is 1. The minimum absolute atomic E-state index is 0.0618. The Bertz CT molecular complexity index is 470. The summed E-state index contributed by atoms with van der Waals surface area (Å²) in [5.74, 6) is -0.639. The van der Waals surface area contributed by atoms with Crippen molar-refractivity contribution in [3.05, 3.63) is 12.2 Å². The highest BCUT2D eigenvalue weighted by Gasteiger charge is 2.50. The van der Waals surface area contributed by atoms with E-state index >= 15 is 0 Å². The van der Waals surface area contributed by atoms with Crippen molar-refractivity contribution in [2.45, 2.75) is 41.0 Å². The average molecular weight is 294 g/mol. The first-order chi connectivity index (χ1) is 9.63. The summed E-state index contributed by atoms with van der Waals surface area (Å²) in [6.45, 7) is 14.0. The van der Waals surface area contributed by atoms with Crippen molar-refractivity contribution < 1.29 is 14.4 Å². The molecule has 1 heterocycles. The summed E-state index contributed by atoms with van der Waals surface area (Å²) in [6, 6.07) is 0. The lowest BCUT2D eigenvalue weighted by molar-refractivity contribution is -0.147. The van der Waals surface area contributed by atoms with E-state index in [4.69, 9.17) is 0 Å². The fraction of sp³-hybridized carbons (Fsp3) is 0.688. The molecule has 0 N–H and O–H groups in total. The van der Waals surface area contributed by atoms with Crippen molar-refractivity contribution in [1.29, 1.82) is 0 Å². The largest absolute Gasteiger partial charge is 0.337 e. The van der Waals surface area contributed by atoms with Gasteiger partial charge in [-0.15, -0.1) is 0 Å². The van der Waals surface area contributed by atoms with Crippen LogP contribution in [0.3, 0.4) is 0 Å². The van der Waals surface area contributed by atoms with E-state index in [1.807, 2.05) is 27.7 Å². The molecule has 1 aliphatic rings. The van der Waals surface area contributed by atoms with Crippen LogP contribution >= 0.6 is 0 Å². The standard InChI is InChI=1S/C16H26N2O3/c1-7-17(9-11(2)3)14(20)10-18-13(19)8-16(6,12(4)5)15(18)21/h12H,2,7-10H2,1,3-6H3/t16-/m1/s1. The molecule has 0 saturated carbocycles. The second kappa shape index (κ2) is 6.41. The van der Waals surface area contributed by atoms with Gasteiger partial charge in [0.2, 0.25) is 17.7 Å². The van der Waals surface area contributed by atoms with Gasteiger partial charge in [0.1, 0.15) is 6.54 Å². The number of carbonyl (C=O) groups is 3. The molecule has 0 aromatic rings. The highest BCUT2D eigenvalue weighted by Crippen LogP contribution is 2.39. The lowest BCUT2D eigenvalue weighted by atomic mass is 9.78. The van der Waals surface area contributed by atoms with E-state index < -0.39 is 5.41 Å². The van der Waals surface area contributed by atoms with Crippen molar-refractivity contribution >= 4 is 17.7 Å². The minimum atomic E-state index is -0.692. The predicted octanol–water partition coefficient (Wildman–Crippen LogP) is 1.83. The van der Waals surface area contributed by atoms with Crippen LogP contribution in [-0.2, 0) is 14.4 Å². The summed E-state index contributed by atoms with van der Waals surface area (Å²) in [7, 11) is 0. The fourth-order valence-corrected chi connectivity index (χ4v) is 2.46. The van der Waals surface area contributed by atoms with E-state index in [-0.39, 0.29) is 36.6 Å². The maximum Gasteiger partial charge on any atom is 0.243 e. The monoisotopic (exact) mass is 294 g/mol. The van der Waals surface area contributed by atoms with Gasteiger partial charge in [-0.3, -0.25) is 19.3 Å². The zero-order valence-electron chi connectivity index (χ0n) is 13.7. The van der Waals surface area contributed by atoms with Gasteiger partial charge in [-0.25, -0.2) is 0 Å².